The van der Waals surface area contributed by atoms with Gasteiger partial charge in [-0.3, -0.25) is 53.8 Å². The molecule has 18 nitrogen and oxygen atoms in total. The Morgan fingerprint density at radius 3 is 2.35 bits per heavy atom. The molecule has 2 atom stereocenters. The maximum atomic E-state index is 14.0. The normalized spacial score (nSPS) is 20.2. The van der Waals surface area contributed by atoms with Crippen LogP contribution in [0.5, 0.6) is 11.5 Å². The number of hydrogen-bond acceptors (Lipinski definition) is 14. The van der Waals surface area contributed by atoms with Crippen LogP contribution in [-0.4, -0.2) is 145 Å². The number of carbonyl (C=O) groups is 6. The molecule has 6 aromatic rings. The first-order chi connectivity index (χ1) is 35.0. The number of rotatable bonds is 12. The maximum Gasteiger partial charge on any atom is 0.262 e. The summed E-state index contributed by atoms with van der Waals surface area (Å²) in [6.45, 7) is 6.93. The highest BCUT2D eigenvalue weighted by atomic mass is 35.5. The van der Waals surface area contributed by atoms with Crippen LogP contribution >= 0.6 is 11.6 Å². The van der Waals surface area contributed by atoms with Gasteiger partial charge in [0.05, 0.1) is 38.4 Å². The van der Waals surface area contributed by atoms with Gasteiger partial charge in [0.25, 0.3) is 17.7 Å². The number of halogens is 1. The van der Waals surface area contributed by atoms with Crippen molar-refractivity contribution in [1.82, 2.24) is 44.9 Å². The summed E-state index contributed by atoms with van der Waals surface area (Å²) in [6, 6.07) is 22.8. The quantitative estimate of drug-likeness (QED) is 0.0960. The molecule has 0 saturated carbocycles. The van der Waals surface area contributed by atoms with E-state index in [-0.39, 0.29) is 41.2 Å². The number of likely N-dealkylation sites (tertiary alicyclic amines) is 2. The number of piperazine rings is 1. The summed E-state index contributed by atoms with van der Waals surface area (Å²) >= 11 is 6.66. The minimum Gasteiger partial charge on any atom is -0.457 e. The van der Waals surface area contributed by atoms with Gasteiger partial charge in [-0.2, -0.15) is 0 Å². The van der Waals surface area contributed by atoms with Crippen molar-refractivity contribution in [3.63, 3.8) is 0 Å². The van der Waals surface area contributed by atoms with Crippen LogP contribution < -0.4 is 20.3 Å². The van der Waals surface area contributed by atoms with E-state index in [9.17, 15) is 28.8 Å². The molecule has 1 unspecified atom stereocenters. The Morgan fingerprint density at radius 2 is 1.58 bits per heavy atom. The van der Waals surface area contributed by atoms with Crippen molar-refractivity contribution < 1.29 is 33.5 Å². The van der Waals surface area contributed by atoms with Gasteiger partial charge in [-0.15, -0.1) is 0 Å². The number of benzene rings is 3. The summed E-state index contributed by atoms with van der Waals surface area (Å²) in [5.74, 6) is -0.725. The number of piperidine rings is 3. The second kappa shape index (κ2) is 19.9. The Labute approximate surface area is 419 Å². The topological polar surface area (TPSA) is 206 Å². The third kappa shape index (κ3) is 9.40. The molecule has 8 heterocycles. The van der Waals surface area contributed by atoms with Crippen LogP contribution in [0.3, 0.4) is 0 Å². The molecule has 11 rings (SSSR count). The van der Waals surface area contributed by atoms with E-state index in [4.69, 9.17) is 21.3 Å². The van der Waals surface area contributed by atoms with Crippen molar-refractivity contribution in [2.75, 3.05) is 62.6 Å². The number of anilines is 2. The summed E-state index contributed by atoms with van der Waals surface area (Å²) in [4.78, 5) is 105. The molecule has 5 aliphatic rings. The Balaban J connectivity index is 0.651. The summed E-state index contributed by atoms with van der Waals surface area (Å²) in [7, 11) is 0. The lowest BCUT2D eigenvalue weighted by Crippen LogP contribution is -2.54. The number of ketones is 1. The molecular formula is C53H52ClN11O7. The summed E-state index contributed by atoms with van der Waals surface area (Å²) in [5, 5.41) is 6.57. The monoisotopic (exact) mass is 989 g/mol. The van der Waals surface area contributed by atoms with Crippen molar-refractivity contribution in [1.29, 1.82) is 0 Å². The molecular weight excluding hydrogens is 938 g/mol. The first kappa shape index (κ1) is 46.8. The first-order valence-electron chi connectivity index (χ1n) is 24.5. The number of aromatic amines is 1. The average molecular weight is 991 g/mol. The van der Waals surface area contributed by atoms with E-state index in [0.717, 1.165) is 81.2 Å². The van der Waals surface area contributed by atoms with E-state index < -0.39 is 29.7 Å². The zero-order chi connectivity index (χ0) is 49.5. The molecule has 0 spiro atoms. The van der Waals surface area contributed by atoms with Crippen LogP contribution in [0.2, 0.25) is 5.02 Å². The van der Waals surface area contributed by atoms with Gasteiger partial charge in [0, 0.05) is 107 Å². The van der Waals surface area contributed by atoms with E-state index in [1.165, 1.54) is 6.33 Å². The fourth-order valence-corrected chi connectivity index (χ4v) is 11.0. The van der Waals surface area contributed by atoms with Crippen LogP contribution in [0.1, 0.15) is 91.2 Å². The molecule has 0 aliphatic carbocycles. The number of hydrogen-bond donors (Lipinski definition) is 3. The third-order valence-corrected chi connectivity index (χ3v) is 14.9. The van der Waals surface area contributed by atoms with Crippen molar-refractivity contribution in [3.05, 3.63) is 136 Å². The molecule has 4 fully saturated rings. The van der Waals surface area contributed by atoms with E-state index in [0.29, 0.717) is 76.3 Å². The first-order valence-corrected chi connectivity index (χ1v) is 24.9. The number of ether oxygens (including phenoxy) is 1. The standard InChI is InChI=1S/C53H52ClN11O7/c54-43-26-38(72-37-6-2-1-3-7-37)11-13-40(43)47(67)42-28-56-48-46(42)49(58-31-57-48)59-34-5-4-18-64(30-34)51(69)32-8-9-33(55-27-32)29-61-19-16-35(17-20-61)62-21-23-63(24-22-62)36-10-12-39-41(25-36)53(71)65(52(39)70)44-14-15-45(66)60-50(44)68/h1-3,6-13,25-28,31,34-35,44H,4-5,14-24,29-30H2,(H,60,66,68)(H2,56,57,58,59)/t34-,44?/m1/s1. The molecule has 72 heavy (non-hydrogen) atoms. The number of fused-ring (bicyclic) bond motifs is 2. The van der Waals surface area contributed by atoms with Gasteiger partial charge in [-0.1, -0.05) is 29.8 Å². The highest BCUT2D eigenvalue weighted by molar-refractivity contribution is 6.36. The van der Waals surface area contributed by atoms with Crippen LogP contribution in [0.15, 0.2) is 97.6 Å². The number of H-pyrrole nitrogens is 1. The molecule has 0 bridgehead atoms. The minimum absolute atomic E-state index is 0.0812. The number of amides is 5. The largest absolute Gasteiger partial charge is 0.457 e. The highest BCUT2D eigenvalue weighted by Crippen LogP contribution is 2.34. The van der Waals surface area contributed by atoms with Crippen molar-refractivity contribution in [2.45, 2.75) is 63.2 Å². The van der Waals surface area contributed by atoms with Gasteiger partial charge in [0.15, 0.2) is 5.78 Å². The molecule has 4 saturated heterocycles. The third-order valence-electron chi connectivity index (χ3n) is 14.6. The number of nitrogens with one attached hydrogen (secondary N) is 3. The number of nitrogens with zero attached hydrogens (tertiary/aromatic N) is 8. The van der Waals surface area contributed by atoms with E-state index in [1.807, 2.05) is 53.4 Å². The lowest BCUT2D eigenvalue weighted by Gasteiger charge is -2.43. The lowest BCUT2D eigenvalue weighted by atomic mass is 10.0. The Kier molecular flexibility index (Phi) is 13.0. The van der Waals surface area contributed by atoms with Crippen LogP contribution in [0, 0.1) is 0 Å². The van der Waals surface area contributed by atoms with Crippen LogP contribution in [-0.2, 0) is 16.1 Å². The fourth-order valence-electron chi connectivity index (χ4n) is 10.7. The SMILES string of the molecule is O=C1CCC(N2C(=O)c3ccc(N4CCN(C5CCN(Cc6ccc(C(=O)N7CCC[C@@H](Nc8ncnc9[nH]cc(C(=O)c%10ccc(Oc%11ccccc%11)cc%10Cl)c89)C7)cn6)CC5)CC4)cc3C2=O)C(=O)N1. The number of carbonyl (C=O) groups excluding carboxylic acids is 6. The van der Waals surface area contributed by atoms with Crippen LogP contribution in [0.4, 0.5) is 11.5 Å². The van der Waals surface area contributed by atoms with E-state index in [1.54, 1.807) is 42.7 Å². The van der Waals surface area contributed by atoms with Crippen molar-refractivity contribution in [3.8, 4) is 11.5 Å². The predicted octanol–water partition coefficient (Wildman–Crippen LogP) is 5.93. The molecule has 5 aliphatic heterocycles. The minimum atomic E-state index is -0.988. The summed E-state index contributed by atoms with van der Waals surface area (Å²) in [5.41, 5.74) is 4.09. The van der Waals surface area contributed by atoms with Gasteiger partial charge in [0.2, 0.25) is 11.8 Å². The number of pyridine rings is 1. The zero-order valence-electron chi connectivity index (χ0n) is 39.4. The number of aromatic nitrogens is 4. The highest BCUT2D eigenvalue weighted by Gasteiger charge is 2.45. The summed E-state index contributed by atoms with van der Waals surface area (Å²) in [6.07, 6.45) is 8.61. The van der Waals surface area contributed by atoms with Gasteiger partial charge in [0.1, 0.15) is 35.3 Å². The van der Waals surface area contributed by atoms with Crippen molar-refractivity contribution in [2.24, 2.45) is 0 Å². The van der Waals surface area contributed by atoms with Gasteiger partial charge >= 0.3 is 0 Å². The van der Waals surface area contributed by atoms with Crippen molar-refractivity contribution >= 4 is 69.5 Å². The summed E-state index contributed by atoms with van der Waals surface area (Å²) < 4.78 is 5.91. The number of imide groups is 2. The second-order valence-corrected chi connectivity index (χ2v) is 19.4. The molecule has 368 valence electrons. The lowest BCUT2D eigenvalue weighted by molar-refractivity contribution is -0.136. The average Bonchev–Trinajstić information content (AvgIpc) is 3.95. The molecule has 3 aromatic carbocycles. The van der Waals surface area contributed by atoms with Gasteiger partial charge < -0.3 is 24.8 Å². The van der Waals surface area contributed by atoms with E-state index in [2.05, 4.69) is 40.3 Å². The Morgan fingerprint density at radius 1 is 0.778 bits per heavy atom. The van der Waals surface area contributed by atoms with Gasteiger partial charge in [-0.25, -0.2) is 9.97 Å². The molecule has 19 heteroatoms. The molecule has 3 aromatic heterocycles. The smallest absolute Gasteiger partial charge is 0.262 e. The predicted molar refractivity (Wildman–Crippen MR) is 267 cm³/mol. The fraction of sp³-hybridized carbons (Fsp3) is 0.340. The Hall–Kier alpha value is -7.54. The molecule has 0 radical (unpaired) electrons. The molecule has 5 amide bonds. The second-order valence-electron chi connectivity index (χ2n) is 19.0. The van der Waals surface area contributed by atoms with Crippen LogP contribution in [0.25, 0.3) is 11.0 Å². The molecule has 3 N–H and O–H groups in total. The maximum absolute atomic E-state index is 14.0. The Bertz CT molecular complexity index is 3100. The van der Waals surface area contributed by atoms with Gasteiger partial charge in [-0.05, 0) is 86.7 Å². The number of para-hydroxylation sites is 1. The van der Waals surface area contributed by atoms with E-state index >= 15 is 0 Å². The zero-order valence-corrected chi connectivity index (χ0v) is 40.1.